The predicted molar refractivity (Wildman–Crippen MR) is 86.1 cm³/mol. The van der Waals surface area contributed by atoms with E-state index in [-0.39, 0.29) is 0 Å². The smallest absolute Gasteiger partial charge is 0.224 e. The minimum atomic E-state index is 0.328. The highest BCUT2D eigenvalue weighted by molar-refractivity contribution is 9.10. The van der Waals surface area contributed by atoms with Gasteiger partial charge in [0.1, 0.15) is 18.2 Å². The monoisotopic (exact) mass is 371 g/mol. The van der Waals surface area contributed by atoms with Crippen molar-refractivity contribution < 1.29 is 9.47 Å². The van der Waals surface area contributed by atoms with Gasteiger partial charge >= 0.3 is 0 Å². The van der Waals surface area contributed by atoms with Gasteiger partial charge in [-0.2, -0.15) is 4.98 Å². The molecule has 1 aromatic carbocycles. The van der Waals surface area contributed by atoms with E-state index in [4.69, 9.17) is 21.1 Å². The molecule has 0 aliphatic heterocycles. The Kier molecular flexibility index (Phi) is 5.78. The van der Waals surface area contributed by atoms with Crippen molar-refractivity contribution >= 4 is 33.3 Å². The van der Waals surface area contributed by atoms with Crippen LogP contribution in [0.4, 0.5) is 5.82 Å². The first-order valence-corrected chi connectivity index (χ1v) is 7.55. The van der Waals surface area contributed by atoms with E-state index in [0.717, 1.165) is 4.47 Å². The number of ether oxygens (including phenoxy) is 2. The van der Waals surface area contributed by atoms with E-state index < -0.39 is 0 Å². The van der Waals surface area contributed by atoms with E-state index in [0.29, 0.717) is 41.5 Å². The highest BCUT2D eigenvalue weighted by Gasteiger charge is 2.09. The zero-order valence-electron chi connectivity index (χ0n) is 11.7. The van der Waals surface area contributed by atoms with Crippen molar-refractivity contribution in [2.75, 3.05) is 19.0 Å². The lowest BCUT2D eigenvalue weighted by Gasteiger charge is -2.10. The second-order valence-corrected chi connectivity index (χ2v) is 5.39. The molecule has 0 aliphatic carbocycles. The summed E-state index contributed by atoms with van der Waals surface area (Å²) < 4.78 is 11.9. The van der Waals surface area contributed by atoms with Crippen LogP contribution in [0.5, 0.6) is 11.6 Å². The normalized spacial score (nSPS) is 10.5. The molecule has 2 aromatic rings. The maximum absolute atomic E-state index is 6.11. The Hall–Kier alpha value is -1.37. The summed E-state index contributed by atoms with van der Waals surface area (Å²) in [5.41, 5.74) is 0. The minimum absolute atomic E-state index is 0.328. The second-order valence-electron chi connectivity index (χ2n) is 4.07. The van der Waals surface area contributed by atoms with Gasteiger partial charge in [-0.25, -0.2) is 4.98 Å². The number of benzene rings is 1. The first-order valence-electron chi connectivity index (χ1n) is 6.38. The molecule has 0 amide bonds. The molecule has 0 unspecified atom stereocenters. The molecule has 0 aliphatic rings. The summed E-state index contributed by atoms with van der Waals surface area (Å²) >= 11 is 9.50. The molecule has 7 heteroatoms. The van der Waals surface area contributed by atoms with Crippen LogP contribution in [0.15, 0.2) is 28.7 Å². The lowest BCUT2D eigenvalue weighted by Crippen LogP contribution is -2.04. The van der Waals surface area contributed by atoms with Crippen LogP contribution in [0.25, 0.3) is 0 Å². The summed E-state index contributed by atoms with van der Waals surface area (Å²) in [6, 6.07) is 7.08. The van der Waals surface area contributed by atoms with Gasteiger partial charge < -0.3 is 14.8 Å². The Balaban J connectivity index is 2.27. The van der Waals surface area contributed by atoms with Gasteiger partial charge in [-0.3, -0.25) is 0 Å². The fourth-order valence-corrected chi connectivity index (χ4v) is 2.08. The SMILES string of the molecule is CCOCc1nc(NC)cc(Oc2cc(Br)ccc2Cl)n1. The fourth-order valence-electron chi connectivity index (χ4n) is 1.58. The number of anilines is 1. The summed E-state index contributed by atoms with van der Waals surface area (Å²) in [5, 5.41) is 3.48. The Bertz CT molecular complexity index is 625. The number of aromatic nitrogens is 2. The maximum atomic E-state index is 6.11. The second kappa shape index (κ2) is 7.59. The average Bonchev–Trinajstić information content (AvgIpc) is 2.48. The number of nitrogens with zero attached hydrogens (tertiary/aromatic N) is 2. The lowest BCUT2D eigenvalue weighted by atomic mass is 10.3. The minimum Gasteiger partial charge on any atom is -0.437 e. The molecule has 112 valence electrons. The van der Waals surface area contributed by atoms with Crippen molar-refractivity contribution in [1.29, 1.82) is 0 Å². The van der Waals surface area contributed by atoms with Gasteiger partial charge in [0, 0.05) is 24.2 Å². The van der Waals surface area contributed by atoms with Crippen LogP contribution in [-0.2, 0) is 11.3 Å². The zero-order valence-corrected chi connectivity index (χ0v) is 14.0. The molecule has 21 heavy (non-hydrogen) atoms. The van der Waals surface area contributed by atoms with Gasteiger partial charge in [0.05, 0.1) is 5.02 Å². The molecule has 0 fully saturated rings. The fraction of sp³-hybridized carbons (Fsp3) is 0.286. The Labute approximate surface area is 136 Å². The largest absolute Gasteiger partial charge is 0.437 e. The van der Waals surface area contributed by atoms with Crippen molar-refractivity contribution in [1.82, 2.24) is 9.97 Å². The van der Waals surface area contributed by atoms with E-state index in [2.05, 4.69) is 31.2 Å². The van der Waals surface area contributed by atoms with Crippen molar-refractivity contribution in [3.05, 3.63) is 39.6 Å². The van der Waals surface area contributed by atoms with Crippen molar-refractivity contribution in [3.8, 4) is 11.6 Å². The summed E-state index contributed by atoms with van der Waals surface area (Å²) in [6.07, 6.45) is 0. The highest BCUT2D eigenvalue weighted by Crippen LogP contribution is 2.31. The summed E-state index contributed by atoms with van der Waals surface area (Å²) in [4.78, 5) is 8.61. The molecule has 0 bridgehead atoms. The Morgan fingerprint density at radius 3 is 2.81 bits per heavy atom. The van der Waals surface area contributed by atoms with E-state index in [9.17, 15) is 0 Å². The van der Waals surface area contributed by atoms with Gasteiger partial charge in [0.15, 0.2) is 5.82 Å². The first-order chi connectivity index (χ1) is 10.1. The van der Waals surface area contributed by atoms with Gasteiger partial charge in [-0.05, 0) is 25.1 Å². The van der Waals surface area contributed by atoms with Gasteiger partial charge in [0.2, 0.25) is 5.88 Å². The molecule has 1 aromatic heterocycles. The van der Waals surface area contributed by atoms with Crippen molar-refractivity contribution in [2.45, 2.75) is 13.5 Å². The third kappa shape index (κ3) is 4.56. The predicted octanol–water partition coefficient (Wildman–Crippen LogP) is 4.26. The summed E-state index contributed by atoms with van der Waals surface area (Å²) in [7, 11) is 1.78. The van der Waals surface area contributed by atoms with Crippen LogP contribution in [0.1, 0.15) is 12.7 Å². The third-order valence-corrected chi connectivity index (χ3v) is 3.35. The van der Waals surface area contributed by atoms with Crippen LogP contribution in [0, 0.1) is 0 Å². The number of rotatable bonds is 6. The van der Waals surface area contributed by atoms with E-state index >= 15 is 0 Å². The van der Waals surface area contributed by atoms with Crippen molar-refractivity contribution in [2.24, 2.45) is 0 Å². The van der Waals surface area contributed by atoms with E-state index in [1.165, 1.54) is 0 Å². The molecular formula is C14H15BrClN3O2. The van der Waals surface area contributed by atoms with Crippen LogP contribution in [-0.4, -0.2) is 23.6 Å². The summed E-state index contributed by atoms with van der Waals surface area (Å²) in [5.74, 6) is 2.13. The quantitative estimate of drug-likeness (QED) is 0.821. The molecular weight excluding hydrogens is 358 g/mol. The molecule has 2 rings (SSSR count). The van der Waals surface area contributed by atoms with Crippen LogP contribution in [0.3, 0.4) is 0 Å². The Morgan fingerprint density at radius 1 is 1.29 bits per heavy atom. The molecule has 0 saturated carbocycles. The van der Waals surface area contributed by atoms with Crippen LogP contribution in [0.2, 0.25) is 5.02 Å². The van der Waals surface area contributed by atoms with Gasteiger partial charge in [-0.15, -0.1) is 0 Å². The van der Waals surface area contributed by atoms with Gasteiger partial charge in [-0.1, -0.05) is 27.5 Å². The number of hydrogen-bond acceptors (Lipinski definition) is 5. The molecule has 0 radical (unpaired) electrons. The molecule has 1 heterocycles. The van der Waals surface area contributed by atoms with E-state index in [1.807, 2.05) is 13.0 Å². The molecule has 0 spiro atoms. The average molecular weight is 373 g/mol. The molecule has 5 nitrogen and oxygen atoms in total. The van der Waals surface area contributed by atoms with Crippen LogP contribution >= 0.6 is 27.5 Å². The molecule has 0 saturated heterocycles. The number of halogens is 2. The summed E-state index contributed by atoms with van der Waals surface area (Å²) in [6.45, 7) is 2.84. The maximum Gasteiger partial charge on any atom is 0.224 e. The Morgan fingerprint density at radius 2 is 2.10 bits per heavy atom. The van der Waals surface area contributed by atoms with Crippen molar-refractivity contribution in [3.63, 3.8) is 0 Å². The highest BCUT2D eigenvalue weighted by atomic mass is 79.9. The first kappa shape index (κ1) is 16.0. The standard InChI is InChI=1S/C14H15BrClN3O2/c1-3-20-8-13-18-12(17-2)7-14(19-13)21-11-6-9(15)4-5-10(11)16/h4-7H,3,8H2,1-2H3,(H,17,18,19). The number of hydrogen-bond donors (Lipinski definition) is 1. The topological polar surface area (TPSA) is 56.3 Å². The molecule has 0 atom stereocenters. The van der Waals surface area contributed by atoms with Crippen LogP contribution < -0.4 is 10.1 Å². The molecule has 1 N–H and O–H groups in total. The van der Waals surface area contributed by atoms with E-state index in [1.54, 1.807) is 25.2 Å². The third-order valence-electron chi connectivity index (χ3n) is 2.55. The zero-order chi connectivity index (χ0) is 15.2. The number of nitrogens with one attached hydrogen (secondary N) is 1. The lowest BCUT2D eigenvalue weighted by molar-refractivity contribution is 0.128. The van der Waals surface area contributed by atoms with Gasteiger partial charge in [0.25, 0.3) is 0 Å².